The molecule has 114 valence electrons. The molecule has 20 heavy (non-hydrogen) atoms. The van der Waals surface area contributed by atoms with Crippen molar-refractivity contribution in [1.29, 1.82) is 0 Å². The monoisotopic (exact) mass is 293 g/mol. The molecule has 0 aliphatic heterocycles. The average molecular weight is 294 g/mol. The van der Waals surface area contributed by atoms with Gasteiger partial charge in [-0.25, -0.2) is 0 Å². The van der Waals surface area contributed by atoms with Gasteiger partial charge in [0.05, 0.1) is 0 Å². The quantitative estimate of drug-likeness (QED) is 0.781. The first-order chi connectivity index (χ1) is 9.45. The number of hydrogen-bond acceptors (Lipinski definition) is 2. The lowest BCUT2D eigenvalue weighted by Gasteiger charge is -2.39. The molecule has 0 saturated heterocycles. The van der Waals surface area contributed by atoms with Gasteiger partial charge in [-0.1, -0.05) is 27.7 Å². The largest absolute Gasteiger partial charge is 0.312 e. The van der Waals surface area contributed by atoms with E-state index in [1.54, 1.807) is 4.88 Å². The van der Waals surface area contributed by atoms with E-state index in [9.17, 15) is 0 Å². The average Bonchev–Trinajstić information content (AvgIpc) is 2.88. The minimum Gasteiger partial charge on any atom is -0.312 e. The SMILES string of the molecule is CCc1ccc(C(NC)C2CCC(C(C)(C)C)CC2)s1. The van der Waals surface area contributed by atoms with Crippen molar-refractivity contribution in [2.45, 2.75) is 65.8 Å². The third-order valence-corrected chi connectivity index (χ3v) is 6.43. The standard InChI is InChI=1S/C18H31NS/c1-6-15-11-12-16(20-15)17(19-5)13-7-9-14(10-8-13)18(2,3)4/h11-14,17,19H,6-10H2,1-5H3. The van der Waals surface area contributed by atoms with Crippen LogP contribution < -0.4 is 5.32 Å². The van der Waals surface area contributed by atoms with Crippen molar-refractivity contribution in [2.24, 2.45) is 17.3 Å². The summed E-state index contributed by atoms with van der Waals surface area (Å²) in [5.74, 6) is 1.73. The normalized spacial score (nSPS) is 25.6. The van der Waals surface area contributed by atoms with Gasteiger partial charge in [-0.05, 0) is 68.5 Å². The molecule has 1 aliphatic rings. The minimum absolute atomic E-state index is 0.485. The van der Waals surface area contributed by atoms with Gasteiger partial charge in [0.1, 0.15) is 0 Å². The number of aryl methyl sites for hydroxylation is 1. The molecule has 0 bridgehead atoms. The molecule has 1 N–H and O–H groups in total. The first-order valence-electron chi connectivity index (χ1n) is 8.21. The van der Waals surface area contributed by atoms with Crippen molar-refractivity contribution in [3.63, 3.8) is 0 Å². The van der Waals surface area contributed by atoms with Crippen LogP contribution in [0, 0.1) is 17.3 Å². The van der Waals surface area contributed by atoms with Crippen LogP contribution in [0.25, 0.3) is 0 Å². The Labute approximate surface area is 129 Å². The molecule has 1 unspecified atom stereocenters. The first kappa shape index (κ1) is 16.0. The molecule has 1 saturated carbocycles. The van der Waals surface area contributed by atoms with Crippen molar-refractivity contribution in [2.75, 3.05) is 7.05 Å². The van der Waals surface area contributed by atoms with E-state index < -0.39 is 0 Å². The van der Waals surface area contributed by atoms with E-state index in [0.717, 1.165) is 18.3 Å². The molecule has 1 nitrogen and oxygen atoms in total. The van der Waals surface area contributed by atoms with E-state index in [1.165, 1.54) is 30.6 Å². The molecule has 1 heterocycles. The van der Waals surface area contributed by atoms with Gasteiger partial charge in [0.15, 0.2) is 0 Å². The van der Waals surface area contributed by atoms with Gasteiger partial charge in [0.25, 0.3) is 0 Å². The first-order valence-corrected chi connectivity index (χ1v) is 9.03. The molecule has 0 radical (unpaired) electrons. The lowest BCUT2D eigenvalue weighted by molar-refractivity contribution is 0.135. The number of hydrogen-bond donors (Lipinski definition) is 1. The lowest BCUT2D eigenvalue weighted by atomic mass is 9.68. The Morgan fingerprint density at radius 1 is 1.20 bits per heavy atom. The summed E-state index contributed by atoms with van der Waals surface area (Å²) in [4.78, 5) is 3.06. The number of rotatable bonds is 4. The Kier molecular flexibility index (Phi) is 5.30. The molecule has 1 fully saturated rings. The van der Waals surface area contributed by atoms with Crippen LogP contribution in [0.15, 0.2) is 12.1 Å². The van der Waals surface area contributed by atoms with Crippen LogP contribution in [0.3, 0.4) is 0 Å². The third-order valence-electron chi connectivity index (χ3n) is 5.12. The molecule has 2 heteroatoms. The molecular formula is C18H31NS. The zero-order chi connectivity index (χ0) is 14.8. The van der Waals surface area contributed by atoms with E-state index in [2.05, 4.69) is 52.2 Å². The van der Waals surface area contributed by atoms with Crippen LogP contribution in [0.2, 0.25) is 0 Å². The summed E-state index contributed by atoms with van der Waals surface area (Å²) in [7, 11) is 2.13. The van der Waals surface area contributed by atoms with Gasteiger partial charge in [-0.2, -0.15) is 0 Å². The van der Waals surface area contributed by atoms with Crippen molar-refractivity contribution in [3.05, 3.63) is 21.9 Å². The Morgan fingerprint density at radius 2 is 1.85 bits per heavy atom. The highest BCUT2D eigenvalue weighted by Gasteiger charge is 2.33. The molecule has 1 aromatic heterocycles. The van der Waals surface area contributed by atoms with Crippen LogP contribution in [0.4, 0.5) is 0 Å². The zero-order valence-electron chi connectivity index (χ0n) is 13.8. The topological polar surface area (TPSA) is 12.0 Å². The van der Waals surface area contributed by atoms with Gasteiger partial charge < -0.3 is 5.32 Å². The zero-order valence-corrected chi connectivity index (χ0v) is 14.6. The Balaban J connectivity index is 2.00. The third kappa shape index (κ3) is 3.65. The van der Waals surface area contributed by atoms with E-state index in [-0.39, 0.29) is 0 Å². The molecular weight excluding hydrogens is 262 g/mol. The Bertz CT molecular complexity index is 407. The second kappa shape index (κ2) is 6.62. The van der Waals surface area contributed by atoms with Gasteiger partial charge in [-0.3, -0.25) is 0 Å². The summed E-state index contributed by atoms with van der Waals surface area (Å²) in [6.45, 7) is 9.46. The molecule has 1 aromatic rings. The fourth-order valence-corrected chi connectivity index (χ4v) is 4.84. The lowest BCUT2D eigenvalue weighted by Crippen LogP contribution is -2.31. The van der Waals surface area contributed by atoms with Gasteiger partial charge in [0.2, 0.25) is 0 Å². The predicted octanol–water partition coefficient (Wildman–Crippen LogP) is 5.42. The highest BCUT2D eigenvalue weighted by Crippen LogP contribution is 2.44. The number of thiophene rings is 1. The van der Waals surface area contributed by atoms with Gasteiger partial charge >= 0.3 is 0 Å². The van der Waals surface area contributed by atoms with Crippen molar-refractivity contribution < 1.29 is 0 Å². The highest BCUT2D eigenvalue weighted by molar-refractivity contribution is 7.12. The summed E-state index contributed by atoms with van der Waals surface area (Å²) in [6.07, 6.45) is 6.73. The molecule has 0 spiro atoms. The summed E-state index contributed by atoms with van der Waals surface area (Å²) in [5.41, 5.74) is 0.485. The van der Waals surface area contributed by atoms with Crippen molar-refractivity contribution >= 4 is 11.3 Å². The smallest absolute Gasteiger partial charge is 0.0441 e. The van der Waals surface area contributed by atoms with E-state index >= 15 is 0 Å². The second-order valence-corrected chi connectivity index (χ2v) is 8.60. The van der Waals surface area contributed by atoms with Crippen LogP contribution in [0.5, 0.6) is 0 Å². The van der Waals surface area contributed by atoms with Crippen LogP contribution in [0.1, 0.15) is 69.2 Å². The van der Waals surface area contributed by atoms with Crippen molar-refractivity contribution in [3.8, 4) is 0 Å². The summed E-state index contributed by atoms with van der Waals surface area (Å²) in [5, 5.41) is 3.59. The maximum Gasteiger partial charge on any atom is 0.0441 e. The Hall–Kier alpha value is -0.340. The van der Waals surface area contributed by atoms with Crippen LogP contribution >= 0.6 is 11.3 Å². The molecule has 2 rings (SSSR count). The van der Waals surface area contributed by atoms with E-state index in [0.29, 0.717) is 11.5 Å². The van der Waals surface area contributed by atoms with Gasteiger partial charge in [0, 0.05) is 15.8 Å². The number of nitrogens with one attached hydrogen (secondary N) is 1. The van der Waals surface area contributed by atoms with E-state index in [4.69, 9.17) is 0 Å². The minimum atomic E-state index is 0.485. The summed E-state index contributed by atoms with van der Waals surface area (Å²) < 4.78 is 0. The summed E-state index contributed by atoms with van der Waals surface area (Å²) >= 11 is 2.00. The molecule has 1 aliphatic carbocycles. The van der Waals surface area contributed by atoms with Crippen molar-refractivity contribution in [1.82, 2.24) is 5.32 Å². The van der Waals surface area contributed by atoms with E-state index in [1.807, 2.05) is 11.3 Å². The fourth-order valence-electron chi connectivity index (χ4n) is 3.68. The van der Waals surface area contributed by atoms with Gasteiger partial charge in [-0.15, -0.1) is 11.3 Å². The highest BCUT2D eigenvalue weighted by atomic mass is 32.1. The molecule has 0 amide bonds. The molecule has 0 aromatic carbocycles. The Morgan fingerprint density at radius 3 is 2.30 bits per heavy atom. The maximum absolute atomic E-state index is 3.59. The molecule has 1 atom stereocenters. The van der Waals surface area contributed by atoms with Crippen LogP contribution in [-0.2, 0) is 6.42 Å². The van der Waals surface area contributed by atoms with Crippen LogP contribution in [-0.4, -0.2) is 7.05 Å². The maximum atomic E-state index is 3.59. The summed E-state index contributed by atoms with van der Waals surface area (Å²) in [6, 6.07) is 5.23. The fraction of sp³-hybridized carbons (Fsp3) is 0.778. The second-order valence-electron chi connectivity index (χ2n) is 7.40. The predicted molar refractivity (Wildman–Crippen MR) is 90.4 cm³/mol.